The molecule has 66 valence electrons. The maximum Gasteiger partial charge on any atom is 2.00 e. The molecule has 8 heteroatoms. The standard InChI is InChI=1S/C3H9O4P.Ca.ClH.H3N/c1-2-3-7-8(4,5)6;;;/h2-3H2,1H3,(H2,4,5,6);;1H;1H3/q;+2;;/p-2. The second kappa shape index (κ2) is 11.6. The Morgan fingerprint density at radius 3 is 1.91 bits per heavy atom. The third-order valence-electron chi connectivity index (χ3n) is 0.454. The number of phosphoric ester groups is 1. The Hall–Kier alpha value is 1.62. The molecule has 0 radical (unpaired) electrons. The van der Waals surface area contributed by atoms with Crippen molar-refractivity contribution in [2.24, 2.45) is 0 Å². The van der Waals surface area contributed by atoms with Crippen LogP contribution in [0.1, 0.15) is 13.3 Å². The van der Waals surface area contributed by atoms with Gasteiger partial charge >= 0.3 is 37.7 Å². The molecule has 3 N–H and O–H groups in total. The van der Waals surface area contributed by atoms with Crippen LogP contribution in [0, 0.1) is 0 Å². The van der Waals surface area contributed by atoms with E-state index in [1.54, 1.807) is 6.92 Å². The predicted molar refractivity (Wildman–Crippen MR) is 41.9 cm³/mol. The molecule has 0 aromatic carbocycles. The Morgan fingerprint density at radius 1 is 1.45 bits per heavy atom. The van der Waals surface area contributed by atoms with Gasteiger partial charge < -0.3 is 25.0 Å². The zero-order valence-corrected chi connectivity index (χ0v) is 10.2. The minimum Gasteiger partial charge on any atom is -0.790 e. The molecule has 0 bridgehead atoms. The summed E-state index contributed by atoms with van der Waals surface area (Å²) in [6.45, 7) is 1.71. The number of hydrogen-bond donors (Lipinski definition) is 1. The van der Waals surface area contributed by atoms with E-state index in [1.165, 1.54) is 0 Å². The van der Waals surface area contributed by atoms with Gasteiger partial charge in [0, 0.05) is 0 Å². The molecule has 0 aliphatic rings. The van der Waals surface area contributed by atoms with Crippen molar-refractivity contribution in [3.8, 4) is 0 Å². The van der Waals surface area contributed by atoms with Gasteiger partial charge in [0.2, 0.25) is 0 Å². The van der Waals surface area contributed by atoms with Crippen LogP contribution >= 0.6 is 20.2 Å². The molecule has 0 aliphatic carbocycles. The molecule has 11 heavy (non-hydrogen) atoms. The summed E-state index contributed by atoms with van der Waals surface area (Å²) in [4.78, 5) is 19.3. The van der Waals surface area contributed by atoms with E-state index in [-0.39, 0.29) is 62.9 Å². The third-order valence-corrected chi connectivity index (χ3v) is 0.952. The summed E-state index contributed by atoms with van der Waals surface area (Å²) in [7, 11) is -4.68. The van der Waals surface area contributed by atoms with Crippen LogP contribution in [-0.4, -0.2) is 44.3 Å². The average molecular weight is 232 g/mol. The zero-order valence-electron chi connectivity index (χ0n) is 6.32. The van der Waals surface area contributed by atoms with E-state index in [1.807, 2.05) is 0 Å². The van der Waals surface area contributed by atoms with Gasteiger partial charge in [-0.25, -0.2) is 0 Å². The molecular weight excluding hydrogens is 221 g/mol. The molecule has 0 aliphatic heterocycles. The summed E-state index contributed by atoms with van der Waals surface area (Å²) in [5, 5.41) is 0. The Bertz CT molecular complexity index is 110. The second-order valence-electron chi connectivity index (χ2n) is 1.28. The van der Waals surface area contributed by atoms with Crippen molar-refractivity contribution in [3.05, 3.63) is 0 Å². The van der Waals surface area contributed by atoms with E-state index in [0.717, 1.165) is 0 Å². The minimum absolute atomic E-state index is 0. The van der Waals surface area contributed by atoms with Crippen LogP contribution in [0.2, 0.25) is 0 Å². The topological polar surface area (TPSA) is 107 Å². The van der Waals surface area contributed by atoms with Crippen LogP contribution in [0.4, 0.5) is 0 Å². The molecule has 0 fully saturated rings. The first-order chi connectivity index (χ1) is 3.56. The number of halogens is 1. The minimum atomic E-state index is -4.68. The van der Waals surface area contributed by atoms with Crippen molar-refractivity contribution in [2.75, 3.05) is 6.61 Å². The van der Waals surface area contributed by atoms with E-state index in [0.29, 0.717) is 6.42 Å². The SMILES string of the molecule is CCCOP(=O)([O-])[O-].Cl.N.[Ca+2]. The van der Waals surface area contributed by atoms with Crippen molar-refractivity contribution in [3.63, 3.8) is 0 Å². The zero-order chi connectivity index (χ0) is 6.62. The fraction of sp³-hybridized carbons (Fsp3) is 1.00. The Balaban J connectivity index is -0.0000000817. The molecule has 0 heterocycles. The number of hydrogen-bond acceptors (Lipinski definition) is 5. The van der Waals surface area contributed by atoms with E-state index >= 15 is 0 Å². The van der Waals surface area contributed by atoms with Gasteiger partial charge in [-0.3, -0.25) is 0 Å². The average Bonchev–Trinajstić information content (AvgIpc) is 1.59. The molecule has 0 rings (SSSR count). The Labute approximate surface area is 102 Å². The van der Waals surface area contributed by atoms with Crippen molar-refractivity contribution >= 4 is 58.0 Å². The molecule has 0 saturated heterocycles. The van der Waals surface area contributed by atoms with E-state index < -0.39 is 7.82 Å². The molecule has 0 saturated carbocycles. The normalized spacial score (nSPS) is 8.64. The summed E-state index contributed by atoms with van der Waals surface area (Å²) < 4.78 is 13.5. The molecule has 0 atom stereocenters. The second-order valence-corrected chi connectivity index (χ2v) is 2.43. The monoisotopic (exact) mass is 231 g/mol. The summed E-state index contributed by atoms with van der Waals surface area (Å²) in [5.74, 6) is 0. The molecular formula is C3H11CaClNO4P. The summed E-state index contributed by atoms with van der Waals surface area (Å²) in [6.07, 6.45) is 0.536. The summed E-state index contributed by atoms with van der Waals surface area (Å²) >= 11 is 0. The van der Waals surface area contributed by atoms with Gasteiger partial charge in [0.15, 0.2) is 0 Å². The number of rotatable bonds is 3. The van der Waals surface area contributed by atoms with Crippen molar-refractivity contribution in [2.45, 2.75) is 13.3 Å². The van der Waals surface area contributed by atoms with Gasteiger partial charge in [-0.2, -0.15) is 0 Å². The summed E-state index contributed by atoms with van der Waals surface area (Å²) in [6, 6.07) is 0. The van der Waals surface area contributed by atoms with Crippen LogP contribution in [0.5, 0.6) is 0 Å². The molecule has 0 spiro atoms. The largest absolute Gasteiger partial charge is 2.00 e. The predicted octanol–water partition coefficient (Wildman–Crippen LogP) is -0.555. The first kappa shape index (κ1) is 22.9. The molecule has 5 nitrogen and oxygen atoms in total. The van der Waals surface area contributed by atoms with Gasteiger partial charge in [-0.1, -0.05) is 6.92 Å². The van der Waals surface area contributed by atoms with Crippen LogP contribution in [0.25, 0.3) is 0 Å². The van der Waals surface area contributed by atoms with E-state index in [4.69, 9.17) is 0 Å². The van der Waals surface area contributed by atoms with Crippen LogP contribution in [-0.2, 0) is 9.09 Å². The molecule has 0 amide bonds. The first-order valence-corrected chi connectivity index (χ1v) is 3.69. The third kappa shape index (κ3) is 24.5. The maximum absolute atomic E-state index is 9.64. The fourth-order valence-electron chi connectivity index (χ4n) is 0.203. The van der Waals surface area contributed by atoms with Crippen LogP contribution < -0.4 is 15.9 Å². The van der Waals surface area contributed by atoms with Crippen LogP contribution in [0.15, 0.2) is 0 Å². The first-order valence-electron chi connectivity index (χ1n) is 2.23. The van der Waals surface area contributed by atoms with Gasteiger partial charge in [0.1, 0.15) is 0 Å². The van der Waals surface area contributed by atoms with Crippen molar-refractivity contribution < 1.29 is 18.9 Å². The Morgan fingerprint density at radius 2 is 1.82 bits per heavy atom. The van der Waals surface area contributed by atoms with Gasteiger partial charge in [-0.15, -0.1) is 12.4 Å². The van der Waals surface area contributed by atoms with Gasteiger partial charge in [-0.05, 0) is 6.42 Å². The molecule has 0 aromatic heterocycles. The van der Waals surface area contributed by atoms with Gasteiger partial charge in [0.25, 0.3) is 0 Å². The maximum atomic E-state index is 9.64. The molecule has 0 aromatic rings. The Kier molecular flexibility index (Phi) is 24.2. The summed E-state index contributed by atoms with van der Waals surface area (Å²) in [5.41, 5.74) is 0. The van der Waals surface area contributed by atoms with E-state index in [9.17, 15) is 14.4 Å². The quantitative estimate of drug-likeness (QED) is 0.518. The smallest absolute Gasteiger partial charge is 0.790 e. The van der Waals surface area contributed by atoms with Crippen LogP contribution in [0.3, 0.4) is 0 Å². The van der Waals surface area contributed by atoms with Crippen molar-refractivity contribution in [1.82, 2.24) is 6.15 Å². The molecule has 0 unspecified atom stereocenters. The van der Waals surface area contributed by atoms with Gasteiger partial charge in [0.05, 0.1) is 14.4 Å². The fourth-order valence-corrected chi connectivity index (χ4v) is 0.609. The van der Waals surface area contributed by atoms with Crippen molar-refractivity contribution in [1.29, 1.82) is 0 Å². The van der Waals surface area contributed by atoms with E-state index in [2.05, 4.69) is 4.52 Å². The number of phosphoric acid groups is 1.